The first-order valence-corrected chi connectivity index (χ1v) is 8.72. The lowest BCUT2D eigenvalue weighted by Gasteiger charge is -2.41. The maximum atomic E-state index is 11.4. The van der Waals surface area contributed by atoms with E-state index in [4.69, 9.17) is 0 Å². The molecule has 2 aliphatic rings. The van der Waals surface area contributed by atoms with Crippen LogP contribution in [-0.2, 0) is 10.8 Å². The summed E-state index contributed by atoms with van der Waals surface area (Å²) in [5, 5.41) is 9.32. The van der Waals surface area contributed by atoms with Gasteiger partial charge in [0.05, 0.1) is 12.0 Å². The maximum Gasteiger partial charge on any atom is 0.0672 e. The van der Waals surface area contributed by atoms with Crippen LogP contribution in [0.5, 0.6) is 0 Å². The van der Waals surface area contributed by atoms with Crippen molar-refractivity contribution in [3.05, 3.63) is 0 Å². The van der Waals surface area contributed by atoms with Crippen molar-refractivity contribution >= 4 is 10.8 Å². The highest BCUT2D eigenvalue weighted by atomic mass is 32.2. The highest BCUT2D eigenvalue weighted by Crippen LogP contribution is 2.34. The Morgan fingerprint density at radius 1 is 1.33 bits per heavy atom. The normalized spacial score (nSPS) is 35.2. The van der Waals surface area contributed by atoms with E-state index < -0.39 is 10.8 Å². The van der Waals surface area contributed by atoms with Gasteiger partial charge >= 0.3 is 0 Å². The first-order valence-electron chi connectivity index (χ1n) is 7.23. The molecular formula is C14H24N2OS. The monoisotopic (exact) mass is 268 g/mol. The largest absolute Gasteiger partial charge is 0.297 e. The van der Waals surface area contributed by atoms with Crippen molar-refractivity contribution in [1.29, 1.82) is 5.26 Å². The van der Waals surface area contributed by atoms with E-state index in [1.165, 1.54) is 25.7 Å². The van der Waals surface area contributed by atoms with Gasteiger partial charge in [-0.05, 0) is 25.2 Å². The molecule has 1 heterocycles. The minimum absolute atomic E-state index is 0.199. The van der Waals surface area contributed by atoms with Gasteiger partial charge in [0, 0.05) is 41.4 Å². The Morgan fingerprint density at radius 3 is 2.67 bits per heavy atom. The molecule has 2 rings (SSSR count). The summed E-state index contributed by atoms with van der Waals surface area (Å²) in [6, 6.07) is 2.94. The molecule has 0 radical (unpaired) electrons. The summed E-state index contributed by atoms with van der Waals surface area (Å²) in [5.41, 5.74) is 0. The molecule has 3 nitrogen and oxygen atoms in total. The van der Waals surface area contributed by atoms with Gasteiger partial charge in [-0.25, -0.2) is 0 Å². The van der Waals surface area contributed by atoms with Crippen LogP contribution < -0.4 is 0 Å². The predicted octanol–water partition coefficient (Wildman–Crippen LogP) is 2.16. The zero-order valence-electron chi connectivity index (χ0n) is 11.3. The number of rotatable bonds is 3. The standard InChI is InChI=1S/C14H24N2OS/c1-2-3-12-4-5-13(11-15)14(10-12)16-6-8-18(17)9-7-16/h12-14H,2-10H2,1H3. The fraction of sp³-hybridized carbons (Fsp3) is 0.929. The van der Waals surface area contributed by atoms with Gasteiger partial charge in [-0.2, -0.15) is 5.26 Å². The molecule has 2 fully saturated rings. The first kappa shape index (κ1) is 14.0. The molecule has 3 unspecified atom stereocenters. The van der Waals surface area contributed by atoms with Crippen LogP contribution in [0, 0.1) is 23.2 Å². The molecule has 18 heavy (non-hydrogen) atoms. The van der Waals surface area contributed by atoms with E-state index in [0.717, 1.165) is 36.9 Å². The van der Waals surface area contributed by atoms with E-state index in [2.05, 4.69) is 17.9 Å². The average Bonchev–Trinajstić information content (AvgIpc) is 2.40. The highest BCUT2D eigenvalue weighted by Gasteiger charge is 2.35. The topological polar surface area (TPSA) is 44.1 Å². The Bertz CT molecular complexity index is 329. The molecular weight excluding hydrogens is 244 g/mol. The van der Waals surface area contributed by atoms with Crippen molar-refractivity contribution in [2.24, 2.45) is 11.8 Å². The fourth-order valence-electron chi connectivity index (χ4n) is 3.44. The van der Waals surface area contributed by atoms with Crippen LogP contribution in [0.25, 0.3) is 0 Å². The SMILES string of the molecule is CCCC1CCC(C#N)C(N2CCS(=O)CC2)C1. The van der Waals surface area contributed by atoms with Crippen LogP contribution in [-0.4, -0.2) is 39.7 Å². The second-order valence-electron chi connectivity index (χ2n) is 5.65. The molecule has 1 saturated heterocycles. The third-order valence-corrected chi connectivity index (χ3v) is 5.75. The molecule has 3 atom stereocenters. The van der Waals surface area contributed by atoms with Crippen molar-refractivity contribution in [1.82, 2.24) is 4.90 Å². The summed E-state index contributed by atoms with van der Waals surface area (Å²) in [5.74, 6) is 2.60. The fourth-order valence-corrected chi connectivity index (χ4v) is 4.52. The molecule has 0 aromatic rings. The van der Waals surface area contributed by atoms with Crippen molar-refractivity contribution in [2.45, 2.75) is 45.1 Å². The number of nitriles is 1. The highest BCUT2D eigenvalue weighted by molar-refractivity contribution is 7.85. The van der Waals surface area contributed by atoms with E-state index in [0.29, 0.717) is 6.04 Å². The van der Waals surface area contributed by atoms with Crippen molar-refractivity contribution < 1.29 is 4.21 Å². The number of hydrogen-bond acceptors (Lipinski definition) is 3. The van der Waals surface area contributed by atoms with E-state index >= 15 is 0 Å². The average molecular weight is 268 g/mol. The summed E-state index contributed by atoms with van der Waals surface area (Å²) in [6.45, 7) is 4.10. The van der Waals surface area contributed by atoms with E-state index in [1.54, 1.807) is 0 Å². The van der Waals surface area contributed by atoms with Crippen LogP contribution in [0.4, 0.5) is 0 Å². The molecule has 0 bridgehead atoms. The van der Waals surface area contributed by atoms with Gasteiger partial charge in [0.15, 0.2) is 0 Å². The summed E-state index contributed by atoms with van der Waals surface area (Å²) in [7, 11) is -0.615. The van der Waals surface area contributed by atoms with E-state index in [9.17, 15) is 9.47 Å². The van der Waals surface area contributed by atoms with Crippen molar-refractivity contribution in [3.8, 4) is 6.07 Å². The van der Waals surface area contributed by atoms with Crippen LogP contribution in [0.1, 0.15) is 39.0 Å². The van der Waals surface area contributed by atoms with Gasteiger partial charge in [-0.3, -0.25) is 9.11 Å². The first-order chi connectivity index (χ1) is 8.74. The van der Waals surface area contributed by atoms with Gasteiger partial charge in [-0.1, -0.05) is 19.8 Å². The summed E-state index contributed by atoms with van der Waals surface area (Å²) >= 11 is 0. The summed E-state index contributed by atoms with van der Waals surface area (Å²) in [4.78, 5) is 2.44. The second-order valence-corrected chi connectivity index (χ2v) is 7.35. The molecule has 102 valence electrons. The van der Waals surface area contributed by atoms with Crippen LogP contribution in [0.2, 0.25) is 0 Å². The molecule has 0 aromatic heterocycles. The molecule has 0 N–H and O–H groups in total. The zero-order chi connectivity index (χ0) is 13.0. The lowest BCUT2D eigenvalue weighted by Crippen LogP contribution is -2.49. The minimum atomic E-state index is -0.615. The third-order valence-electron chi connectivity index (χ3n) is 4.47. The van der Waals surface area contributed by atoms with Gasteiger partial charge in [0.25, 0.3) is 0 Å². The predicted molar refractivity (Wildman–Crippen MR) is 74.6 cm³/mol. The summed E-state index contributed by atoms with van der Waals surface area (Å²) in [6.07, 6.45) is 6.01. The maximum absolute atomic E-state index is 11.4. The third kappa shape index (κ3) is 3.33. The Labute approximate surface area is 113 Å². The summed E-state index contributed by atoms with van der Waals surface area (Å²) < 4.78 is 11.4. The molecule has 1 aliphatic heterocycles. The second kappa shape index (κ2) is 6.68. The number of hydrogen-bond donors (Lipinski definition) is 0. The molecule has 0 amide bonds. The molecule has 1 aliphatic carbocycles. The van der Waals surface area contributed by atoms with E-state index in [-0.39, 0.29) is 5.92 Å². The molecule has 4 heteroatoms. The quantitative estimate of drug-likeness (QED) is 0.788. The van der Waals surface area contributed by atoms with Gasteiger partial charge in [-0.15, -0.1) is 0 Å². The lowest BCUT2D eigenvalue weighted by molar-refractivity contribution is 0.106. The van der Waals surface area contributed by atoms with Gasteiger partial charge < -0.3 is 0 Å². The van der Waals surface area contributed by atoms with Crippen molar-refractivity contribution in [2.75, 3.05) is 24.6 Å². The molecule has 1 saturated carbocycles. The Kier molecular flexibility index (Phi) is 5.20. The van der Waals surface area contributed by atoms with Gasteiger partial charge in [0.1, 0.15) is 0 Å². The van der Waals surface area contributed by atoms with Crippen LogP contribution in [0.3, 0.4) is 0 Å². The van der Waals surface area contributed by atoms with Crippen LogP contribution >= 0.6 is 0 Å². The molecule has 0 aromatic carbocycles. The Hall–Kier alpha value is -0.400. The zero-order valence-corrected chi connectivity index (χ0v) is 12.1. The minimum Gasteiger partial charge on any atom is -0.297 e. The van der Waals surface area contributed by atoms with E-state index in [1.807, 2.05) is 0 Å². The van der Waals surface area contributed by atoms with Crippen LogP contribution in [0.15, 0.2) is 0 Å². The smallest absolute Gasteiger partial charge is 0.0672 e. The number of nitrogens with zero attached hydrogens (tertiary/aromatic N) is 2. The lowest BCUT2D eigenvalue weighted by atomic mass is 9.76. The Morgan fingerprint density at radius 2 is 2.06 bits per heavy atom. The Balaban J connectivity index is 1.97. The molecule has 0 spiro atoms. The van der Waals surface area contributed by atoms with Gasteiger partial charge in [0.2, 0.25) is 0 Å². The van der Waals surface area contributed by atoms with Crippen molar-refractivity contribution in [3.63, 3.8) is 0 Å².